The number of rotatable bonds is 5. The Balaban J connectivity index is 1.80. The summed E-state index contributed by atoms with van der Waals surface area (Å²) in [6, 6.07) is 8.13. The van der Waals surface area contributed by atoms with Crippen molar-refractivity contribution in [2.75, 3.05) is 6.61 Å². The van der Waals surface area contributed by atoms with Crippen LogP contribution in [0, 0.1) is 0 Å². The van der Waals surface area contributed by atoms with E-state index in [-0.39, 0.29) is 0 Å². The Kier molecular flexibility index (Phi) is 6.54. The van der Waals surface area contributed by atoms with Gasteiger partial charge in [0.05, 0.1) is 14.9 Å². The van der Waals surface area contributed by atoms with Gasteiger partial charge in [-0.1, -0.05) is 35.3 Å². The van der Waals surface area contributed by atoms with Crippen LogP contribution < -0.4 is 5.32 Å². The molecule has 1 heterocycles. The van der Waals surface area contributed by atoms with E-state index in [1.165, 1.54) is 17.4 Å². The number of imide groups is 1. The minimum absolute atomic E-state index is 0.360. The predicted octanol–water partition coefficient (Wildman–Crippen LogP) is 3.57. The summed E-state index contributed by atoms with van der Waals surface area (Å²) >= 11 is 12.8. The highest BCUT2D eigenvalue weighted by atomic mass is 35.5. The predicted molar refractivity (Wildman–Crippen MR) is 93.2 cm³/mol. The number of nitrogens with one attached hydrogen (secondary N) is 1. The van der Waals surface area contributed by atoms with Gasteiger partial charge in [-0.05, 0) is 35.2 Å². The van der Waals surface area contributed by atoms with Gasteiger partial charge in [0.1, 0.15) is 0 Å². The van der Waals surface area contributed by atoms with Crippen molar-refractivity contribution < 1.29 is 19.1 Å². The van der Waals surface area contributed by atoms with Crippen LogP contribution >= 0.6 is 34.5 Å². The number of ether oxygens (including phenoxy) is 1. The fourth-order valence-corrected chi connectivity index (χ4v) is 2.52. The molecule has 1 aromatic heterocycles. The summed E-state index contributed by atoms with van der Waals surface area (Å²) in [6.07, 6.45) is 2.62. The van der Waals surface area contributed by atoms with Gasteiger partial charge in [0.2, 0.25) is 0 Å². The Morgan fingerprint density at radius 2 is 1.96 bits per heavy atom. The van der Waals surface area contributed by atoms with E-state index >= 15 is 0 Å². The molecule has 0 saturated carbocycles. The number of amides is 2. The third-order valence-corrected chi connectivity index (χ3v) is 4.31. The first kappa shape index (κ1) is 18.2. The van der Waals surface area contributed by atoms with Gasteiger partial charge < -0.3 is 4.74 Å². The molecule has 0 spiro atoms. The Bertz CT molecular complexity index is 787. The Morgan fingerprint density at radius 3 is 2.62 bits per heavy atom. The number of thiophene rings is 1. The second-order valence-corrected chi connectivity index (χ2v) is 6.23. The Labute approximate surface area is 151 Å². The van der Waals surface area contributed by atoms with E-state index in [4.69, 9.17) is 27.9 Å². The molecule has 24 heavy (non-hydrogen) atoms. The highest BCUT2D eigenvalue weighted by Crippen LogP contribution is 2.23. The SMILES string of the molecule is O=C(COC(=O)/C=C/c1ccc(Cl)c(Cl)c1)NC(=O)c1cccs1. The summed E-state index contributed by atoms with van der Waals surface area (Å²) in [6.45, 7) is -0.554. The minimum Gasteiger partial charge on any atom is -0.452 e. The van der Waals surface area contributed by atoms with Crippen LogP contribution in [0.25, 0.3) is 6.08 Å². The van der Waals surface area contributed by atoms with Crippen molar-refractivity contribution in [3.05, 3.63) is 62.3 Å². The molecule has 0 aliphatic heterocycles. The third-order valence-electron chi connectivity index (χ3n) is 2.70. The molecule has 1 N–H and O–H groups in total. The van der Waals surface area contributed by atoms with Crippen molar-refractivity contribution in [1.82, 2.24) is 5.32 Å². The van der Waals surface area contributed by atoms with E-state index in [1.807, 2.05) is 0 Å². The average molecular weight is 384 g/mol. The number of halogens is 2. The van der Waals surface area contributed by atoms with Crippen molar-refractivity contribution in [2.24, 2.45) is 0 Å². The first-order valence-electron chi connectivity index (χ1n) is 6.63. The number of benzene rings is 1. The normalized spacial score (nSPS) is 10.6. The molecule has 2 amide bonds. The van der Waals surface area contributed by atoms with Crippen LogP contribution in [0.3, 0.4) is 0 Å². The number of hydrogen-bond donors (Lipinski definition) is 1. The number of carbonyl (C=O) groups excluding carboxylic acids is 3. The van der Waals surface area contributed by atoms with Crippen LogP contribution in [-0.4, -0.2) is 24.4 Å². The molecule has 0 bridgehead atoms. The average Bonchev–Trinajstić information content (AvgIpc) is 3.08. The van der Waals surface area contributed by atoms with Crippen LogP contribution in [0.1, 0.15) is 15.2 Å². The van der Waals surface area contributed by atoms with Crippen molar-refractivity contribution in [1.29, 1.82) is 0 Å². The van der Waals surface area contributed by atoms with E-state index in [0.717, 1.165) is 6.08 Å². The second kappa shape index (κ2) is 8.63. The molecular weight excluding hydrogens is 373 g/mol. The summed E-state index contributed by atoms with van der Waals surface area (Å²) in [5.74, 6) is -1.96. The first-order chi connectivity index (χ1) is 11.5. The standard InChI is InChI=1S/C16H11Cl2NO4S/c17-11-5-3-10(8-12(11)18)4-6-15(21)23-9-14(20)19-16(22)13-2-1-7-24-13/h1-8H,9H2,(H,19,20,22)/b6-4+. The van der Waals surface area contributed by atoms with Gasteiger partial charge in [0.15, 0.2) is 6.61 Å². The van der Waals surface area contributed by atoms with Crippen LogP contribution in [0.4, 0.5) is 0 Å². The smallest absolute Gasteiger partial charge is 0.331 e. The van der Waals surface area contributed by atoms with E-state index in [1.54, 1.807) is 35.7 Å². The van der Waals surface area contributed by atoms with Crippen LogP contribution in [0.15, 0.2) is 41.8 Å². The zero-order valence-electron chi connectivity index (χ0n) is 12.1. The summed E-state index contributed by atoms with van der Waals surface area (Å²) in [5, 5.41) is 4.61. The Hall–Kier alpha value is -2.15. The van der Waals surface area contributed by atoms with Crippen LogP contribution in [0.5, 0.6) is 0 Å². The summed E-state index contributed by atoms with van der Waals surface area (Å²) in [5.41, 5.74) is 0.652. The lowest BCUT2D eigenvalue weighted by molar-refractivity contribution is -0.143. The molecule has 0 aliphatic carbocycles. The summed E-state index contributed by atoms with van der Waals surface area (Å²) < 4.78 is 4.75. The van der Waals surface area contributed by atoms with Gasteiger partial charge in [0.25, 0.3) is 11.8 Å². The molecule has 5 nitrogen and oxygen atoms in total. The lowest BCUT2D eigenvalue weighted by atomic mass is 10.2. The molecular formula is C16H11Cl2NO4S. The highest BCUT2D eigenvalue weighted by molar-refractivity contribution is 7.12. The maximum absolute atomic E-state index is 11.6. The van der Waals surface area contributed by atoms with Crippen molar-refractivity contribution in [3.8, 4) is 0 Å². The molecule has 0 atom stereocenters. The fraction of sp³-hybridized carbons (Fsp3) is 0.0625. The fourth-order valence-electron chi connectivity index (χ4n) is 1.60. The lowest BCUT2D eigenvalue weighted by Crippen LogP contribution is -2.33. The van der Waals surface area contributed by atoms with Crippen molar-refractivity contribution >= 4 is 58.4 Å². The zero-order chi connectivity index (χ0) is 17.5. The van der Waals surface area contributed by atoms with Gasteiger partial charge in [-0.25, -0.2) is 4.79 Å². The monoisotopic (exact) mass is 383 g/mol. The van der Waals surface area contributed by atoms with Gasteiger partial charge in [-0.3, -0.25) is 14.9 Å². The number of carbonyl (C=O) groups is 3. The largest absolute Gasteiger partial charge is 0.452 e. The molecule has 0 fully saturated rings. The Morgan fingerprint density at radius 1 is 1.17 bits per heavy atom. The van der Waals surface area contributed by atoms with Crippen molar-refractivity contribution in [3.63, 3.8) is 0 Å². The molecule has 0 unspecified atom stereocenters. The van der Waals surface area contributed by atoms with E-state index in [2.05, 4.69) is 5.32 Å². The molecule has 0 saturated heterocycles. The first-order valence-corrected chi connectivity index (χ1v) is 8.27. The summed E-state index contributed by atoms with van der Waals surface area (Å²) in [4.78, 5) is 35.1. The number of hydrogen-bond acceptors (Lipinski definition) is 5. The van der Waals surface area contributed by atoms with Crippen molar-refractivity contribution in [2.45, 2.75) is 0 Å². The molecule has 2 aromatic rings. The molecule has 2 rings (SSSR count). The van der Waals surface area contributed by atoms with Gasteiger partial charge in [0, 0.05) is 6.08 Å². The highest BCUT2D eigenvalue weighted by Gasteiger charge is 2.12. The quantitative estimate of drug-likeness (QED) is 0.632. The molecule has 0 aliphatic rings. The van der Waals surface area contributed by atoms with E-state index in [0.29, 0.717) is 20.5 Å². The van der Waals surface area contributed by atoms with Crippen LogP contribution in [-0.2, 0) is 14.3 Å². The third kappa shape index (κ3) is 5.49. The molecule has 1 aromatic carbocycles. The second-order valence-electron chi connectivity index (χ2n) is 4.47. The summed E-state index contributed by atoms with van der Waals surface area (Å²) in [7, 11) is 0. The van der Waals surface area contributed by atoms with E-state index < -0.39 is 24.4 Å². The zero-order valence-corrected chi connectivity index (χ0v) is 14.5. The molecule has 8 heteroatoms. The van der Waals surface area contributed by atoms with Gasteiger partial charge in [-0.15, -0.1) is 11.3 Å². The van der Waals surface area contributed by atoms with Gasteiger partial charge >= 0.3 is 5.97 Å². The van der Waals surface area contributed by atoms with Gasteiger partial charge in [-0.2, -0.15) is 0 Å². The van der Waals surface area contributed by atoms with E-state index in [9.17, 15) is 14.4 Å². The maximum atomic E-state index is 11.6. The topological polar surface area (TPSA) is 72.5 Å². The van der Waals surface area contributed by atoms with Crippen LogP contribution in [0.2, 0.25) is 10.0 Å². The maximum Gasteiger partial charge on any atom is 0.331 e. The minimum atomic E-state index is -0.722. The molecule has 124 valence electrons. The molecule has 0 radical (unpaired) electrons. The number of esters is 1. The lowest BCUT2D eigenvalue weighted by Gasteiger charge is -2.03.